The van der Waals surface area contributed by atoms with Crippen molar-refractivity contribution >= 4 is 29.4 Å². The fraction of sp³-hybridized carbons (Fsp3) is 0.483. The van der Waals surface area contributed by atoms with Gasteiger partial charge in [0.25, 0.3) is 5.91 Å². The molecule has 46 heavy (non-hydrogen) atoms. The SMILES string of the molecule is O=C(O)C(F)(F)F.O=C(O)C1CCCN1C(=O)c1cc(C2CC2)c(OCC2(F)CN(Cc3ccc(Cl)cc3C(F)(F)F)C2)cc1F. The maximum Gasteiger partial charge on any atom is 0.490 e. The molecule has 8 nitrogen and oxygen atoms in total. The zero-order valence-corrected chi connectivity index (χ0v) is 24.5. The second-order valence-corrected chi connectivity index (χ2v) is 11.8. The Balaban J connectivity index is 0.000000617. The van der Waals surface area contributed by atoms with Gasteiger partial charge in [-0.3, -0.25) is 9.69 Å². The second-order valence-electron chi connectivity index (χ2n) is 11.3. The molecule has 3 aliphatic rings. The van der Waals surface area contributed by atoms with Gasteiger partial charge in [-0.2, -0.15) is 26.3 Å². The number of ether oxygens (including phenoxy) is 1. The third kappa shape index (κ3) is 8.37. The molecule has 2 aromatic rings. The molecule has 1 unspecified atom stereocenters. The molecule has 252 valence electrons. The lowest BCUT2D eigenvalue weighted by atomic mass is 9.95. The smallest absolute Gasteiger partial charge is 0.490 e. The monoisotopic (exact) mass is 686 g/mol. The molecule has 2 aromatic carbocycles. The van der Waals surface area contributed by atoms with Crippen LogP contribution in [0.2, 0.25) is 5.02 Å². The minimum Gasteiger partial charge on any atom is -0.490 e. The molecular weight excluding hydrogens is 660 g/mol. The number of aliphatic carboxylic acids is 2. The van der Waals surface area contributed by atoms with Crippen LogP contribution in [0.4, 0.5) is 35.1 Å². The van der Waals surface area contributed by atoms with Gasteiger partial charge < -0.3 is 19.8 Å². The van der Waals surface area contributed by atoms with Crippen LogP contribution in [0.5, 0.6) is 5.75 Å². The first-order chi connectivity index (χ1) is 21.3. The van der Waals surface area contributed by atoms with Crippen molar-refractivity contribution in [2.24, 2.45) is 0 Å². The van der Waals surface area contributed by atoms with E-state index in [1.165, 1.54) is 23.1 Å². The summed E-state index contributed by atoms with van der Waals surface area (Å²) in [5.41, 5.74) is -2.42. The van der Waals surface area contributed by atoms with Crippen molar-refractivity contribution < 1.29 is 64.5 Å². The van der Waals surface area contributed by atoms with Gasteiger partial charge in [-0.15, -0.1) is 0 Å². The van der Waals surface area contributed by atoms with Crippen LogP contribution in [-0.4, -0.2) is 82.0 Å². The van der Waals surface area contributed by atoms with Gasteiger partial charge in [-0.1, -0.05) is 17.7 Å². The van der Waals surface area contributed by atoms with Gasteiger partial charge in [0.1, 0.15) is 24.2 Å². The molecule has 1 atom stereocenters. The van der Waals surface area contributed by atoms with Crippen molar-refractivity contribution in [2.75, 3.05) is 26.2 Å². The predicted octanol–water partition coefficient (Wildman–Crippen LogP) is 6.30. The first-order valence-electron chi connectivity index (χ1n) is 13.9. The van der Waals surface area contributed by atoms with E-state index in [2.05, 4.69) is 0 Å². The standard InChI is InChI=1S/C27H26ClF5N2O4.C2HF3O2/c28-17-6-5-16(20(8-17)27(31,32)33)11-34-12-26(30,13-34)14-39-23-10-21(29)19(9-18(23)15-3-4-15)24(36)35-7-1-2-22(35)25(37)38;3-2(4,5)1(6)7/h5-6,8-10,15,22H,1-4,7,11-14H2,(H,37,38);(H,6,7). The predicted molar refractivity (Wildman–Crippen MR) is 145 cm³/mol. The van der Waals surface area contributed by atoms with Crippen molar-refractivity contribution in [3.8, 4) is 5.75 Å². The molecule has 0 bridgehead atoms. The van der Waals surface area contributed by atoms with E-state index in [1.807, 2.05) is 0 Å². The van der Waals surface area contributed by atoms with Crippen LogP contribution in [-0.2, 0) is 22.3 Å². The third-order valence-corrected chi connectivity index (χ3v) is 7.89. The fourth-order valence-electron chi connectivity index (χ4n) is 5.35. The zero-order chi connectivity index (χ0) is 34.2. The summed E-state index contributed by atoms with van der Waals surface area (Å²) in [5.74, 6) is -5.37. The van der Waals surface area contributed by atoms with E-state index in [1.54, 1.807) is 0 Å². The third-order valence-electron chi connectivity index (χ3n) is 7.66. The highest BCUT2D eigenvalue weighted by molar-refractivity contribution is 6.30. The molecule has 2 saturated heterocycles. The summed E-state index contributed by atoms with van der Waals surface area (Å²) in [6.45, 7) is -0.680. The number of hydrogen-bond donors (Lipinski definition) is 2. The van der Waals surface area contributed by atoms with E-state index in [9.17, 15) is 41.0 Å². The molecule has 2 N–H and O–H groups in total. The lowest BCUT2D eigenvalue weighted by Gasteiger charge is -2.44. The average molecular weight is 687 g/mol. The van der Waals surface area contributed by atoms with Crippen molar-refractivity contribution in [1.82, 2.24) is 9.80 Å². The Labute approximate surface area is 261 Å². The van der Waals surface area contributed by atoms with Crippen LogP contribution in [0, 0.1) is 5.82 Å². The Morgan fingerprint density at radius 1 is 1.00 bits per heavy atom. The summed E-state index contributed by atoms with van der Waals surface area (Å²) in [4.78, 5) is 36.0. The van der Waals surface area contributed by atoms with Crippen LogP contribution < -0.4 is 4.74 Å². The van der Waals surface area contributed by atoms with Crippen LogP contribution in [0.3, 0.4) is 0 Å². The summed E-state index contributed by atoms with van der Waals surface area (Å²) in [5, 5.41) is 16.5. The maximum absolute atomic E-state index is 15.3. The Hall–Kier alpha value is -3.66. The Morgan fingerprint density at radius 2 is 1.63 bits per heavy atom. The first kappa shape index (κ1) is 35.2. The highest BCUT2D eigenvalue weighted by Crippen LogP contribution is 2.46. The molecule has 2 heterocycles. The molecule has 17 heteroatoms. The maximum atomic E-state index is 15.3. The number of carboxylic acids is 2. The number of hydrogen-bond acceptors (Lipinski definition) is 5. The zero-order valence-electron chi connectivity index (χ0n) is 23.7. The number of amides is 1. The van der Waals surface area contributed by atoms with E-state index in [4.69, 9.17) is 26.2 Å². The fourth-order valence-corrected chi connectivity index (χ4v) is 5.52. The number of nitrogens with zero attached hydrogens (tertiary/aromatic N) is 2. The van der Waals surface area contributed by atoms with Gasteiger partial charge in [-0.05, 0) is 60.9 Å². The van der Waals surface area contributed by atoms with Crippen molar-refractivity contribution in [3.63, 3.8) is 0 Å². The van der Waals surface area contributed by atoms with Crippen molar-refractivity contribution in [2.45, 2.75) is 62.2 Å². The van der Waals surface area contributed by atoms with Gasteiger partial charge in [0, 0.05) is 37.3 Å². The van der Waals surface area contributed by atoms with E-state index < -0.39 is 59.9 Å². The Bertz CT molecular complexity index is 1490. The van der Waals surface area contributed by atoms with E-state index in [0.717, 1.165) is 29.9 Å². The molecule has 1 aliphatic carbocycles. The molecule has 0 aromatic heterocycles. The van der Waals surface area contributed by atoms with Gasteiger partial charge >= 0.3 is 24.3 Å². The molecule has 3 fully saturated rings. The summed E-state index contributed by atoms with van der Waals surface area (Å²) in [7, 11) is 0. The largest absolute Gasteiger partial charge is 0.490 e. The van der Waals surface area contributed by atoms with Gasteiger partial charge in [0.05, 0.1) is 11.1 Å². The number of halogens is 9. The highest BCUT2D eigenvalue weighted by atomic mass is 35.5. The van der Waals surface area contributed by atoms with Crippen LogP contribution in [0.1, 0.15) is 58.6 Å². The number of carbonyl (C=O) groups is 3. The summed E-state index contributed by atoms with van der Waals surface area (Å²) < 4.78 is 108. The van der Waals surface area contributed by atoms with Gasteiger partial charge in [0.15, 0.2) is 5.67 Å². The molecule has 2 aliphatic heterocycles. The lowest BCUT2D eigenvalue weighted by molar-refractivity contribution is -0.192. The molecule has 0 radical (unpaired) electrons. The van der Waals surface area contributed by atoms with E-state index in [0.29, 0.717) is 18.4 Å². The quantitative estimate of drug-likeness (QED) is 0.314. The minimum absolute atomic E-state index is 0.0140. The van der Waals surface area contributed by atoms with Crippen LogP contribution in [0.15, 0.2) is 30.3 Å². The number of rotatable bonds is 8. The topological polar surface area (TPSA) is 107 Å². The minimum atomic E-state index is -5.08. The van der Waals surface area contributed by atoms with Crippen molar-refractivity contribution in [3.05, 3.63) is 63.4 Å². The highest BCUT2D eigenvalue weighted by Gasteiger charge is 2.46. The normalized spacial score (nSPS) is 19.6. The van der Waals surface area contributed by atoms with E-state index in [-0.39, 0.29) is 54.0 Å². The summed E-state index contributed by atoms with van der Waals surface area (Å²) >= 11 is 5.72. The number of likely N-dealkylation sites (tertiary alicyclic amines) is 2. The molecular formula is C29H27ClF8N2O6. The van der Waals surface area contributed by atoms with Crippen LogP contribution in [0.25, 0.3) is 0 Å². The molecule has 0 spiro atoms. The van der Waals surface area contributed by atoms with Crippen molar-refractivity contribution in [1.29, 1.82) is 0 Å². The summed E-state index contributed by atoms with van der Waals surface area (Å²) in [6, 6.07) is 4.87. The Kier molecular flexibility index (Phi) is 10.1. The Morgan fingerprint density at radius 3 is 2.17 bits per heavy atom. The number of benzene rings is 2. The molecule has 5 rings (SSSR count). The lowest BCUT2D eigenvalue weighted by Crippen LogP contribution is -2.61. The number of alkyl halides is 7. The van der Waals surface area contributed by atoms with Gasteiger partial charge in [0.2, 0.25) is 0 Å². The van der Waals surface area contributed by atoms with Gasteiger partial charge in [-0.25, -0.2) is 18.4 Å². The molecule has 1 saturated carbocycles. The summed E-state index contributed by atoms with van der Waals surface area (Å²) in [6.07, 6.45) is -7.31. The number of carboxylic acid groups (broad SMARTS) is 2. The molecule has 1 amide bonds. The van der Waals surface area contributed by atoms with E-state index >= 15 is 8.78 Å². The van der Waals surface area contributed by atoms with Crippen LogP contribution >= 0.6 is 11.6 Å². The first-order valence-corrected chi connectivity index (χ1v) is 14.2. The average Bonchev–Trinajstić information content (AvgIpc) is 3.65. The number of carbonyl (C=O) groups excluding carboxylic acids is 1. The second kappa shape index (κ2) is 13.2.